The molecular formula is C31H25N3O5. The quantitative estimate of drug-likeness (QED) is 0.160. The largest absolute Gasteiger partial charge is 0.497 e. The number of benzene rings is 4. The molecule has 0 radical (unpaired) electrons. The van der Waals surface area contributed by atoms with Gasteiger partial charge in [-0.3, -0.25) is 4.79 Å². The molecule has 0 unspecified atom stereocenters. The van der Waals surface area contributed by atoms with E-state index in [4.69, 9.17) is 19.2 Å². The first-order chi connectivity index (χ1) is 19.0. The van der Waals surface area contributed by atoms with Gasteiger partial charge in [-0.05, 0) is 79.2 Å². The Hall–Kier alpha value is -5.24. The summed E-state index contributed by atoms with van der Waals surface area (Å²) in [6.45, 7) is 1.94. The molecule has 1 heterocycles. The summed E-state index contributed by atoms with van der Waals surface area (Å²) in [6.07, 6.45) is 1.53. The number of carbonyl (C=O) groups is 1. The molecule has 0 N–H and O–H groups in total. The van der Waals surface area contributed by atoms with Crippen LogP contribution >= 0.6 is 0 Å². The van der Waals surface area contributed by atoms with Gasteiger partial charge in [0.25, 0.3) is 5.56 Å². The summed E-state index contributed by atoms with van der Waals surface area (Å²) in [5, 5.41) is 4.94. The minimum absolute atomic E-state index is 0.267. The van der Waals surface area contributed by atoms with Gasteiger partial charge in [0.15, 0.2) is 17.3 Å². The van der Waals surface area contributed by atoms with Crippen molar-refractivity contribution in [1.82, 2.24) is 9.66 Å². The molecule has 0 spiro atoms. The fourth-order valence-electron chi connectivity index (χ4n) is 3.98. The van der Waals surface area contributed by atoms with Crippen molar-refractivity contribution in [2.45, 2.75) is 6.92 Å². The van der Waals surface area contributed by atoms with Crippen LogP contribution < -0.4 is 19.8 Å². The summed E-state index contributed by atoms with van der Waals surface area (Å²) in [4.78, 5) is 30.7. The first-order valence-corrected chi connectivity index (χ1v) is 12.1. The van der Waals surface area contributed by atoms with Gasteiger partial charge in [-0.2, -0.15) is 9.78 Å². The van der Waals surface area contributed by atoms with Crippen molar-refractivity contribution in [3.05, 3.63) is 118 Å². The second-order valence-electron chi connectivity index (χ2n) is 8.71. The van der Waals surface area contributed by atoms with Crippen molar-refractivity contribution in [3.63, 3.8) is 0 Å². The number of nitrogens with zero attached hydrogens (tertiary/aromatic N) is 3. The standard InChI is InChI=1S/C31H25N3O5/c1-20-8-11-23(12-9-20)31(36)39-27-17-10-21(18-28(27)38-3)19-32-34-29(22-13-15-24(37-2)16-14-22)33-26-7-5-4-6-25(26)30(34)35/h4-19H,1-3H3. The van der Waals surface area contributed by atoms with E-state index in [9.17, 15) is 9.59 Å². The first-order valence-electron chi connectivity index (χ1n) is 12.1. The molecule has 5 rings (SSSR count). The third kappa shape index (κ3) is 5.40. The predicted octanol–water partition coefficient (Wildman–Crippen LogP) is 5.49. The van der Waals surface area contributed by atoms with Gasteiger partial charge < -0.3 is 14.2 Å². The van der Waals surface area contributed by atoms with Gasteiger partial charge in [-0.1, -0.05) is 29.8 Å². The fraction of sp³-hybridized carbons (Fsp3) is 0.0968. The smallest absolute Gasteiger partial charge is 0.343 e. The Bertz CT molecular complexity index is 1740. The van der Waals surface area contributed by atoms with Gasteiger partial charge in [0.05, 0.1) is 36.9 Å². The van der Waals surface area contributed by atoms with Crippen LogP contribution in [0.1, 0.15) is 21.5 Å². The Balaban J connectivity index is 1.50. The molecule has 0 fully saturated rings. The molecule has 0 aliphatic heterocycles. The van der Waals surface area contributed by atoms with Crippen molar-refractivity contribution in [2.24, 2.45) is 5.10 Å². The lowest BCUT2D eigenvalue weighted by molar-refractivity contribution is 0.0729. The lowest BCUT2D eigenvalue weighted by atomic mass is 10.1. The fourth-order valence-corrected chi connectivity index (χ4v) is 3.98. The van der Waals surface area contributed by atoms with Crippen LogP contribution in [0.5, 0.6) is 17.2 Å². The van der Waals surface area contributed by atoms with Crippen molar-refractivity contribution < 1.29 is 19.0 Å². The van der Waals surface area contributed by atoms with Crippen molar-refractivity contribution in [1.29, 1.82) is 0 Å². The van der Waals surface area contributed by atoms with Crippen LogP contribution in [-0.2, 0) is 0 Å². The molecule has 39 heavy (non-hydrogen) atoms. The second kappa shape index (κ2) is 11.0. The van der Waals surface area contributed by atoms with Gasteiger partial charge in [0.2, 0.25) is 0 Å². The Morgan fingerprint density at radius 3 is 2.33 bits per heavy atom. The molecule has 0 saturated heterocycles. The van der Waals surface area contributed by atoms with Gasteiger partial charge in [0, 0.05) is 5.56 Å². The number of ether oxygens (including phenoxy) is 3. The summed E-state index contributed by atoms with van der Waals surface area (Å²) in [6, 6.07) is 26.5. The lowest BCUT2D eigenvalue weighted by Gasteiger charge is -2.11. The van der Waals surface area contributed by atoms with Crippen LogP contribution in [0.15, 0.2) is 101 Å². The Labute approximate surface area is 224 Å². The molecule has 1 aromatic heterocycles. The normalized spacial score (nSPS) is 11.1. The van der Waals surface area contributed by atoms with E-state index in [-0.39, 0.29) is 11.3 Å². The average molecular weight is 520 g/mol. The zero-order valence-electron chi connectivity index (χ0n) is 21.6. The van der Waals surface area contributed by atoms with Gasteiger partial charge in [-0.25, -0.2) is 9.78 Å². The minimum Gasteiger partial charge on any atom is -0.497 e. The Morgan fingerprint density at radius 1 is 0.872 bits per heavy atom. The highest BCUT2D eigenvalue weighted by atomic mass is 16.6. The summed E-state index contributed by atoms with van der Waals surface area (Å²) in [5.74, 6) is 1.19. The molecule has 194 valence electrons. The zero-order valence-corrected chi connectivity index (χ0v) is 21.6. The zero-order chi connectivity index (χ0) is 27.4. The van der Waals surface area contributed by atoms with E-state index in [0.29, 0.717) is 44.9 Å². The van der Waals surface area contributed by atoms with Gasteiger partial charge >= 0.3 is 5.97 Å². The number of hydrogen-bond acceptors (Lipinski definition) is 7. The molecule has 0 atom stereocenters. The molecule has 8 nitrogen and oxygen atoms in total. The summed E-state index contributed by atoms with van der Waals surface area (Å²) in [5.41, 5.74) is 3.07. The maximum absolute atomic E-state index is 13.4. The number of esters is 1. The number of aryl methyl sites for hydroxylation is 1. The number of fused-ring (bicyclic) bond motifs is 1. The van der Waals surface area contributed by atoms with Crippen molar-refractivity contribution >= 4 is 23.1 Å². The van der Waals surface area contributed by atoms with Crippen LogP contribution in [0.4, 0.5) is 0 Å². The van der Waals surface area contributed by atoms with Crippen LogP contribution in [0.25, 0.3) is 22.3 Å². The molecule has 0 amide bonds. The van der Waals surface area contributed by atoms with Crippen LogP contribution in [-0.4, -0.2) is 36.1 Å². The second-order valence-corrected chi connectivity index (χ2v) is 8.71. The molecule has 0 aliphatic rings. The molecule has 0 saturated carbocycles. The van der Waals surface area contributed by atoms with Gasteiger partial charge in [0.1, 0.15) is 5.75 Å². The number of rotatable bonds is 7. The molecule has 5 aromatic rings. The van der Waals surface area contributed by atoms with Crippen molar-refractivity contribution in [3.8, 4) is 28.6 Å². The molecular weight excluding hydrogens is 494 g/mol. The first kappa shape index (κ1) is 25.4. The van der Waals surface area contributed by atoms with E-state index >= 15 is 0 Å². The third-order valence-corrected chi connectivity index (χ3v) is 6.10. The number of aromatic nitrogens is 2. The third-order valence-electron chi connectivity index (χ3n) is 6.10. The van der Waals surface area contributed by atoms with E-state index in [0.717, 1.165) is 5.56 Å². The number of methoxy groups -OCH3 is 2. The average Bonchev–Trinajstić information content (AvgIpc) is 2.97. The highest BCUT2D eigenvalue weighted by Crippen LogP contribution is 2.29. The van der Waals surface area contributed by atoms with E-state index in [1.54, 1.807) is 67.8 Å². The Morgan fingerprint density at radius 2 is 1.62 bits per heavy atom. The number of carbonyl (C=O) groups excluding carboxylic acids is 1. The maximum Gasteiger partial charge on any atom is 0.343 e. The molecule has 0 aliphatic carbocycles. The van der Waals surface area contributed by atoms with Crippen LogP contribution in [0.2, 0.25) is 0 Å². The number of para-hydroxylation sites is 1. The van der Waals surface area contributed by atoms with Gasteiger partial charge in [-0.15, -0.1) is 0 Å². The van der Waals surface area contributed by atoms with Crippen molar-refractivity contribution in [2.75, 3.05) is 14.2 Å². The Kier molecular flexibility index (Phi) is 7.18. The van der Waals surface area contributed by atoms with Crippen LogP contribution in [0.3, 0.4) is 0 Å². The topological polar surface area (TPSA) is 92.0 Å². The van der Waals surface area contributed by atoms with E-state index < -0.39 is 5.97 Å². The molecule has 8 heteroatoms. The monoisotopic (exact) mass is 519 g/mol. The van der Waals surface area contributed by atoms with Crippen LogP contribution in [0, 0.1) is 6.92 Å². The van der Waals surface area contributed by atoms with E-state index in [1.807, 2.05) is 37.3 Å². The van der Waals surface area contributed by atoms with E-state index in [1.165, 1.54) is 18.0 Å². The highest BCUT2D eigenvalue weighted by molar-refractivity contribution is 5.91. The summed E-state index contributed by atoms with van der Waals surface area (Å²) < 4.78 is 17.5. The highest BCUT2D eigenvalue weighted by Gasteiger charge is 2.14. The minimum atomic E-state index is -0.493. The summed E-state index contributed by atoms with van der Waals surface area (Å²) in [7, 11) is 3.07. The molecule has 4 aromatic carbocycles. The predicted molar refractivity (Wildman–Crippen MR) is 150 cm³/mol. The van der Waals surface area contributed by atoms with E-state index in [2.05, 4.69) is 5.10 Å². The molecule has 0 bridgehead atoms. The summed E-state index contributed by atoms with van der Waals surface area (Å²) >= 11 is 0. The number of hydrogen-bond donors (Lipinski definition) is 0. The lowest BCUT2D eigenvalue weighted by Crippen LogP contribution is -2.20. The SMILES string of the molecule is COc1ccc(-c2nc3ccccc3c(=O)n2N=Cc2ccc(OC(=O)c3ccc(C)cc3)c(OC)c2)cc1. The maximum atomic E-state index is 13.4.